The van der Waals surface area contributed by atoms with Gasteiger partial charge in [0.05, 0.1) is 0 Å². The van der Waals surface area contributed by atoms with Crippen LogP contribution in [0.15, 0.2) is 76.0 Å². The largest absolute Gasteiger partial charge is 0.143 e. The van der Waals surface area contributed by atoms with Crippen molar-refractivity contribution in [1.82, 2.24) is 0 Å². The molecule has 0 aromatic rings. The van der Waals surface area contributed by atoms with Crippen LogP contribution in [0.25, 0.3) is 0 Å². The Bertz CT molecular complexity index is 516. The normalized spacial score (nSPS) is 15.8. The first-order valence-electron chi connectivity index (χ1n) is 5.50. The Hall–Kier alpha value is -1.43. The van der Waals surface area contributed by atoms with Crippen LogP contribution in [0.5, 0.6) is 0 Å². The average molecular weight is 242 g/mol. The topological polar surface area (TPSA) is 0 Å². The van der Waals surface area contributed by atoms with Gasteiger partial charge in [-0.15, -0.1) is 18.4 Å². The fraction of sp³-hybridized carbons (Fsp3) is 0.188. The van der Waals surface area contributed by atoms with Crippen molar-refractivity contribution in [2.24, 2.45) is 0 Å². The monoisotopic (exact) mass is 242 g/mol. The van der Waals surface area contributed by atoms with Gasteiger partial charge in [-0.3, -0.25) is 0 Å². The van der Waals surface area contributed by atoms with E-state index in [9.17, 15) is 0 Å². The summed E-state index contributed by atoms with van der Waals surface area (Å²) in [5.41, 5.74) is 8.34. The SMILES string of the molecule is C=C(C1=C=CC=C(C)C=C1)/C(C)=C(\S)C(=C)C. The average Bonchev–Trinajstić information content (AvgIpc) is 2.51. The lowest BCUT2D eigenvalue weighted by molar-refractivity contribution is 1.35. The molecule has 0 spiro atoms. The molecule has 0 heterocycles. The molecule has 0 saturated heterocycles. The summed E-state index contributed by atoms with van der Waals surface area (Å²) >= 11 is 4.45. The van der Waals surface area contributed by atoms with E-state index in [1.54, 1.807) is 0 Å². The van der Waals surface area contributed by atoms with Gasteiger partial charge >= 0.3 is 0 Å². The number of hydrogen-bond acceptors (Lipinski definition) is 1. The van der Waals surface area contributed by atoms with Gasteiger partial charge < -0.3 is 0 Å². The molecule has 1 aliphatic carbocycles. The van der Waals surface area contributed by atoms with Gasteiger partial charge in [0.1, 0.15) is 0 Å². The van der Waals surface area contributed by atoms with E-state index < -0.39 is 0 Å². The van der Waals surface area contributed by atoms with Gasteiger partial charge in [0.15, 0.2) is 0 Å². The van der Waals surface area contributed by atoms with Crippen LogP contribution in [-0.2, 0) is 0 Å². The maximum absolute atomic E-state index is 4.45. The Labute approximate surface area is 110 Å². The minimum atomic E-state index is 0.895. The fourth-order valence-electron chi connectivity index (χ4n) is 1.43. The predicted molar refractivity (Wildman–Crippen MR) is 80.1 cm³/mol. The van der Waals surface area contributed by atoms with E-state index in [1.165, 1.54) is 5.57 Å². The summed E-state index contributed by atoms with van der Waals surface area (Å²) in [5.74, 6) is 0. The predicted octanol–water partition coefficient (Wildman–Crippen LogP) is 4.92. The van der Waals surface area contributed by atoms with Gasteiger partial charge in [-0.2, -0.15) is 0 Å². The molecule has 0 amide bonds. The Morgan fingerprint density at radius 3 is 2.47 bits per heavy atom. The summed E-state index contributed by atoms with van der Waals surface area (Å²) in [4.78, 5) is 0.895. The molecule has 0 bridgehead atoms. The lowest BCUT2D eigenvalue weighted by Crippen LogP contribution is -1.90. The zero-order chi connectivity index (χ0) is 13.0. The van der Waals surface area contributed by atoms with E-state index in [1.807, 2.05) is 32.1 Å². The number of allylic oxidation sites excluding steroid dienone is 8. The van der Waals surface area contributed by atoms with E-state index in [2.05, 4.69) is 44.5 Å². The Balaban J connectivity index is 3.10. The lowest BCUT2D eigenvalue weighted by atomic mass is 9.99. The van der Waals surface area contributed by atoms with E-state index >= 15 is 0 Å². The van der Waals surface area contributed by atoms with Gasteiger partial charge in [0.25, 0.3) is 0 Å². The van der Waals surface area contributed by atoms with Crippen molar-refractivity contribution in [3.05, 3.63) is 76.0 Å². The Morgan fingerprint density at radius 2 is 1.88 bits per heavy atom. The van der Waals surface area contributed by atoms with Crippen molar-refractivity contribution in [2.75, 3.05) is 0 Å². The lowest BCUT2D eigenvalue weighted by Gasteiger charge is -2.09. The maximum atomic E-state index is 4.45. The van der Waals surface area contributed by atoms with Crippen LogP contribution in [0.2, 0.25) is 0 Å². The van der Waals surface area contributed by atoms with Crippen molar-refractivity contribution < 1.29 is 0 Å². The molecule has 1 heteroatoms. The highest BCUT2D eigenvalue weighted by molar-refractivity contribution is 7.84. The van der Waals surface area contributed by atoms with Crippen LogP contribution in [-0.4, -0.2) is 0 Å². The van der Waals surface area contributed by atoms with Gasteiger partial charge in [-0.25, -0.2) is 0 Å². The molecule has 0 nitrogen and oxygen atoms in total. The molecule has 17 heavy (non-hydrogen) atoms. The van der Waals surface area contributed by atoms with Crippen LogP contribution >= 0.6 is 12.6 Å². The van der Waals surface area contributed by atoms with Gasteiger partial charge in [-0.1, -0.05) is 30.9 Å². The number of rotatable bonds is 3. The van der Waals surface area contributed by atoms with Crippen molar-refractivity contribution >= 4 is 12.6 Å². The molecular weight excluding hydrogens is 224 g/mol. The van der Waals surface area contributed by atoms with Crippen LogP contribution in [0.1, 0.15) is 20.8 Å². The molecule has 0 aromatic carbocycles. The summed E-state index contributed by atoms with van der Waals surface area (Å²) in [7, 11) is 0. The molecule has 0 atom stereocenters. The summed E-state index contributed by atoms with van der Waals surface area (Å²) in [5, 5.41) is 0. The number of hydrogen-bond donors (Lipinski definition) is 1. The first-order valence-corrected chi connectivity index (χ1v) is 5.95. The van der Waals surface area contributed by atoms with Crippen LogP contribution in [0.4, 0.5) is 0 Å². The Morgan fingerprint density at radius 1 is 1.24 bits per heavy atom. The molecule has 0 saturated carbocycles. The third-order valence-electron chi connectivity index (χ3n) is 2.64. The molecule has 0 aliphatic heterocycles. The van der Waals surface area contributed by atoms with Gasteiger partial charge in [0.2, 0.25) is 0 Å². The van der Waals surface area contributed by atoms with Crippen molar-refractivity contribution in [2.45, 2.75) is 20.8 Å². The van der Waals surface area contributed by atoms with E-state index in [0.29, 0.717) is 0 Å². The molecule has 0 N–H and O–H groups in total. The first kappa shape index (κ1) is 13.6. The van der Waals surface area contributed by atoms with E-state index in [4.69, 9.17) is 0 Å². The highest BCUT2D eigenvalue weighted by Gasteiger charge is 2.06. The highest BCUT2D eigenvalue weighted by atomic mass is 32.1. The second-order valence-electron chi connectivity index (χ2n) is 4.20. The third-order valence-corrected chi connectivity index (χ3v) is 3.35. The smallest absolute Gasteiger partial charge is 0.0234 e. The molecule has 1 rings (SSSR count). The standard InChI is InChI=1S/C16H18S/c1-11(2)16(17)14(5)13(4)15-8-6-7-12(3)9-10-15/h6-7,9-10,17H,1,4H2,2-3,5H3/b16-14-. The second kappa shape index (κ2) is 5.77. The summed E-state index contributed by atoms with van der Waals surface area (Å²) < 4.78 is 0. The number of thiol groups is 1. The van der Waals surface area contributed by atoms with Crippen LogP contribution in [0.3, 0.4) is 0 Å². The minimum absolute atomic E-state index is 0.895. The van der Waals surface area contributed by atoms with Gasteiger partial charge in [0, 0.05) is 10.5 Å². The van der Waals surface area contributed by atoms with E-state index in [0.717, 1.165) is 27.2 Å². The summed E-state index contributed by atoms with van der Waals surface area (Å²) in [6.07, 6.45) is 8.03. The molecular formula is C16H18S. The zero-order valence-electron chi connectivity index (χ0n) is 10.7. The second-order valence-corrected chi connectivity index (χ2v) is 4.65. The quantitative estimate of drug-likeness (QED) is 0.405. The molecule has 1 aliphatic rings. The minimum Gasteiger partial charge on any atom is -0.143 e. The molecule has 0 fully saturated rings. The maximum Gasteiger partial charge on any atom is 0.0234 e. The first-order chi connectivity index (χ1) is 7.93. The summed E-state index contributed by atoms with van der Waals surface area (Å²) in [6.45, 7) is 14.0. The fourth-order valence-corrected chi connectivity index (χ4v) is 1.57. The van der Waals surface area contributed by atoms with Crippen molar-refractivity contribution in [1.29, 1.82) is 0 Å². The highest BCUT2D eigenvalue weighted by Crippen LogP contribution is 2.26. The molecule has 0 unspecified atom stereocenters. The van der Waals surface area contributed by atoms with Crippen molar-refractivity contribution in [3.63, 3.8) is 0 Å². The third kappa shape index (κ3) is 3.52. The van der Waals surface area contributed by atoms with E-state index in [-0.39, 0.29) is 0 Å². The van der Waals surface area contributed by atoms with Crippen LogP contribution < -0.4 is 0 Å². The van der Waals surface area contributed by atoms with Crippen LogP contribution in [0, 0.1) is 0 Å². The van der Waals surface area contributed by atoms with Crippen molar-refractivity contribution in [3.8, 4) is 0 Å². The molecule has 88 valence electrons. The Kier molecular flexibility index (Phi) is 4.62. The molecule has 0 aromatic heterocycles. The molecule has 0 radical (unpaired) electrons. The van der Waals surface area contributed by atoms with Gasteiger partial charge in [-0.05, 0) is 49.6 Å². The zero-order valence-corrected chi connectivity index (χ0v) is 11.6. The summed E-state index contributed by atoms with van der Waals surface area (Å²) in [6, 6.07) is 0.